The number of benzene rings is 1. The first-order valence-corrected chi connectivity index (χ1v) is 11.7. The van der Waals surface area contributed by atoms with Crippen LogP contribution in [-0.4, -0.2) is 51.1 Å². The molecule has 1 saturated carbocycles. The number of aromatic nitrogens is 3. The summed E-state index contributed by atoms with van der Waals surface area (Å²) in [5.41, 5.74) is 2.44. The van der Waals surface area contributed by atoms with E-state index < -0.39 is 0 Å². The van der Waals surface area contributed by atoms with Gasteiger partial charge in [0.15, 0.2) is 0 Å². The van der Waals surface area contributed by atoms with Crippen LogP contribution < -0.4 is 10.6 Å². The molecule has 3 aliphatic rings. The first-order chi connectivity index (χ1) is 15.7. The molecule has 1 atom stereocenters. The van der Waals surface area contributed by atoms with Gasteiger partial charge in [-0.15, -0.1) is 5.10 Å². The first kappa shape index (κ1) is 21.3. The maximum atomic E-state index is 14.1. The van der Waals surface area contributed by atoms with Gasteiger partial charge in [-0.1, -0.05) is 36.3 Å². The van der Waals surface area contributed by atoms with Crippen molar-refractivity contribution in [2.45, 2.75) is 76.4 Å². The number of hydrogen-bond acceptors (Lipinski definition) is 5. The number of urea groups is 1. The zero-order valence-corrected chi connectivity index (χ0v) is 18.3. The smallest absolute Gasteiger partial charge is 0.315 e. The second kappa shape index (κ2) is 9.54. The summed E-state index contributed by atoms with van der Waals surface area (Å²) in [7, 11) is 0. The molecule has 172 valence electrons. The van der Waals surface area contributed by atoms with E-state index >= 15 is 0 Å². The van der Waals surface area contributed by atoms with E-state index in [0.717, 1.165) is 50.2 Å². The number of fused-ring (bicyclic) bond motifs is 1. The Balaban J connectivity index is 1.11. The number of carbonyl (C=O) groups is 1. The molecule has 3 heterocycles. The topological polar surface area (TPSA) is 84.3 Å². The number of piperidine rings is 1. The number of carbonyl (C=O) groups excluding carboxylic acids is 1. The molecule has 1 aromatic carbocycles. The number of rotatable bonds is 5. The van der Waals surface area contributed by atoms with E-state index in [4.69, 9.17) is 4.74 Å². The normalized spacial score (nSPS) is 22.6. The Hall–Kier alpha value is -2.52. The Morgan fingerprint density at radius 2 is 1.81 bits per heavy atom. The minimum Gasteiger partial charge on any atom is -0.365 e. The molecule has 0 bridgehead atoms. The molecular formula is C23H31FN6O2. The van der Waals surface area contributed by atoms with E-state index in [1.807, 2.05) is 10.7 Å². The van der Waals surface area contributed by atoms with Gasteiger partial charge in [0.05, 0.1) is 18.8 Å². The molecule has 2 N–H and O–H groups in total. The van der Waals surface area contributed by atoms with Crippen molar-refractivity contribution in [3.05, 3.63) is 47.0 Å². The fourth-order valence-electron chi connectivity index (χ4n) is 5.04. The van der Waals surface area contributed by atoms with Crippen LogP contribution in [0.5, 0.6) is 0 Å². The van der Waals surface area contributed by atoms with E-state index in [0.29, 0.717) is 31.3 Å². The van der Waals surface area contributed by atoms with Gasteiger partial charge < -0.3 is 15.4 Å². The zero-order valence-electron chi connectivity index (χ0n) is 18.3. The highest BCUT2D eigenvalue weighted by Gasteiger charge is 2.28. The van der Waals surface area contributed by atoms with Crippen LogP contribution in [0, 0.1) is 5.82 Å². The number of nitrogens with one attached hydrogen (secondary N) is 2. The van der Waals surface area contributed by atoms with Gasteiger partial charge >= 0.3 is 6.03 Å². The lowest BCUT2D eigenvalue weighted by atomic mass is 10.0. The standard InChI is InChI=1S/C23H31FN6O2/c24-19-8-4-3-7-18(19)22-14-30-21(15-32-22)20(27-28-30)13-29-11-9-17(10-12-29)26-23(31)25-16-5-1-2-6-16/h3-4,7-8,16-17,22H,1-2,5-6,9-15H2,(H2,25,26,31). The maximum Gasteiger partial charge on any atom is 0.315 e. The van der Waals surface area contributed by atoms with Crippen molar-refractivity contribution < 1.29 is 13.9 Å². The monoisotopic (exact) mass is 442 g/mol. The van der Waals surface area contributed by atoms with E-state index in [9.17, 15) is 9.18 Å². The van der Waals surface area contributed by atoms with E-state index in [1.54, 1.807) is 12.1 Å². The van der Waals surface area contributed by atoms with Crippen molar-refractivity contribution in [1.29, 1.82) is 0 Å². The third-order valence-electron chi connectivity index (χ3n) is 6.92. The molecule has 32 heavy (non-hydrogen) atoms. The predicted molar refractivity (Wildman–Crippen MR) is 116 cm³/mol. The molecule has 2 amide bonds. The highest BCUT2D eigenvalue weighted by atomic mass is 19.1. The molecule has 0 radical (unpaired) electrons. The van der Waals surface area contributed by atoms with Crippen LogP contribution >= 0.6 is 0 Å². The molecule has 1 unspecified atom stereocenters. The van der Waals surface area contributed by atoms with Crippen molar-refractivity contribution in [2.75, 3.05) is 13.1 Å². The van der Waals surface area contributed by atoms with Crippen LogP contribution in [0.1, 0.15) is 61.6 Å². The summed E-state index contributed by atoms with van der Waals surface area (Å²) < 4.78 is 21.9. The third kappa shape index (κ3) is 4.78. The summed E-state index contributed by atoms with van der Waals surface area (Å²) in [5.74, 6) is -0.255. The Bertz CT molecular complexity index is 936. The van der Waals surface area contributed by atoms with Crippen LogP contribution in [0.2, 0.25) is 0 Å². The van der Waals surface area contributed by atoms with Crippen LogP contribution in [0.3, 0.4) is 0 Å². The number of ether oxygens (including phenoxy) is 1. The number of amides is 2. The van der Waals surface area contributed by atoms with Crippen molar-refractivity contribution in [1.82, 2.24) is 30.5 Å². The lowest BCUT2D eigenvalue weighted by Gasteiger charge is -2.32. The number of likely N-dealkylation sites (tertiary alicyclic amines) is 1. The van der Waals surface area contributed by atoms with Gasteiger partial charge in [-0.25, -0.2) is 13.9 Å². The van der Waals surface area contributed by atoms with E-state index in [2.05, 4.69) is 25.8 Å². The Morgan fingerprint density at radius 3 is 2.56 bits per heavy atom. The minimum absolute atomic E-state index is 0.0238. The second-order valence-electron chi connectivity index (χ2n) is 9.14. The second-order valence-corrected chi connectivity index (χ2v) is 9.14. The van der Waals surface area contributed by atoms with Gasteiger partial charge in [0, 0.05) is 37.3 Å². The Labute approximate surface area is 187 Å². The molecule has 2 fully saturated rings. The summed E-state index contributed by atoms with van der Waals surface area (Å²) in [5, 5.41) is 14.9. The van der Waals surface area contributed by atoms with Gasteiger partial charge in [0.25, 0.3) is 0 Å². The van der Waals surface area contributed by atoms with Crippen LogP contribution in [0.4, 0.5) is 9.18 Å². The van der Waals surface area contributed by atoms with Crippen molar-refractivity contribution >= 4 is 6.03 Å². The van der Waals surface area contributed by atoms with Crippen LogP contribution in [-0.2, 0) is 24.4 Å². The van der Waals surface area contributed by atoms with Gasteiger partial charge in [-0.2, -0.15) is 0 Å². The average molecular weight is 443 g/mol. The molecule has 1 aliphatic carbocycles. The zero-order chi connectivity index (χ0) is 21.9. The maximum absolute atomic E-state index is 14.1. The fourth-order valence-corrected chi connectivity index (χ4v) is 5.04. The lowest BCUT2D eigenvalue weighted by molar-refractivity contribution is -0.00414. The molecule has 1 saturated heterocycles. The van der Waals surface area contributed by atoms with Gasteiger partial charge in [-0.05, 0) is 31.7 Å². The Morgan fingerprint density at radius 1 is 1.09 bits per heavy atom. The molecule has 5 rings (SSSR count). The number of hydrogen-bond donors (Lipinski definition) is 2. The quantitative estimate of drug-likeness (QED) is 0.744. The predicted octanol–water partition coefficient (Wildman–Crippen LogP) is 2.89. The summed E-state index contributed by atoms with van der Waals surface area (Å²) >= 11 is 0. The Kier molecular flexibility index (Phi) is 6.36. The summed E-state index contributed by atoms with van der Waals surface area (Å²) in [6.07, 6.45) is 6.12. The summed E-state index contributed by atoms with van der Waals surface area (Å²) in [6, 6.07) is 7.25. The van der Waals surface area contributed by atoms with Gasteiger partial charge in [-0.3, -0.25) is 4.90 Å². The number of nitrogens with zero attached hydrogens (tertiary/aromatic N) is 4. The molecule has 0 spiro atoms. The molecule has 1 aromatic heterocycles. The summed E-state index contributed by atoms with van der Waals surface area (Å²) in [6.45, 7) is 3.36. The molecular weight excluding hydrogens is 411 g/mol. The largest absolute Gasteiger partial charge is 0.365 e. The highest BCUT2D eigenvalue weighted by Crippen LogP contribution is 2.29. The van der Waals surface area contributed by atoms with Gasteiger partial charge in [0.1, 0.15) is 17.6 Å². The number of halogens is 1. The van der Waals surface area contributed by atoms with Crippen molar-refractivity contribution in [3.63, 3.8) is 0 Å². The van der Waals surface area contributed by atoms with E-state index in [1.165, 1.54) is 18.9 Å². The minimum atomic E-state index is -0.351. The van der Waals surface area contributed by atoms with Crippen molar-refractivity contribution in [3.8, 4) is 0 Å². The highest BCUT2D eigenvalue weighted by molar-refractivity contribution is 5.74. The third-order valence-corrected chi connectivity index (χ3v) is 6.92. The lowest BCUT2D eigenvalue weighted by Crippen LogP contribution is -2.49. The molecule has 9 heteroatoms. The molecule has 2 aliphatic heterocycles. The first-order valence-electron chi connectivity index (χ1n) is 11.7. The fraction of sp³-hybridized carbons (Fsp3) is 0.609. The molecule has 8 nitrogen and oxygen atoms in total. The SMILES string of the molecule is O=C(NC1CCCC1)NC1CCN(Cc2nnn3c2COC(c2ccccc2F)C3)CC1. The molecule has 2 aromatic rings. The van der Waals surface area contributed by atoms with Gasteiger partial charge in [0.2, 0.25) is 0 Å². The average Bonchev–Trinajstić information content (AvgIpc) is 3.45. The van der Waals surface area contributed by atoms with Crippen LogP contribution in [0.15, 0.2) is 24.3 Å². The van der Waals surface area contributed by atoms with Crippen LogP contribution in [0.25, 0.3) is 0 Å². The summed E-state index contributed by atoms with van der Waals surface area (Å²) in [4.78, 5) is 14.6. The van der Waals surface area contributed by atoms with Crippen molar-refractivity contribution in [2.24, 2.45) is 0 Å². The van der Waals surface area contributed by atoms with E-state index in [-0.39, 0.29) is 24.0 Å².